The molecule has 0 fully saturated rings. The normalized spacial score (nSPS) is 10.1. The third kappa shape index (κ3) is 2.35. The molecule has 1 N–H and O–H groups in total. The summed E-state index contributed by atoms with van der Waals surface area (Å²) in [6.45, 7) is -0.0266. The highest BCUT2D eigenvalue weighted by molar-refractivity contribution is 7.09. The molecule has 2 aromatic rings. The maximum absolute atomic E-state index is 10.4. The van der Waals surface area contributed by atoms with Crippen molar-refractivity contribution in [3.05, 3.63) is 30.7 Å². The van der Waals surface area contributed by atoms with Gasteiger partial charge in [-0.1, -0.05) is 4.49 Å². The minimum absolute atomic E-state index is 0.0266. The minimum Gasteiger partial charge on any atom is -0.477 e. The van der Waals surface area contributed by atoms with E-state index in [0.29, 0.717) is 0 Å². The highest BCUT2D eigenvalue weighted by Crippen LogP contribution is 2.19. The van der Waals surface area contributed by atoms with Crippen LogP contribution in [0, 0.1) is 0 Å². The number of carbonyl (C=O) groups is 1. The fourth-order valence-corrected chi connectivity index (χ4v) is 1.70. The lowest BCUT2D eigenvalue weighted by molar-refractivity contribution is -0.685. The van der Waals surface area contributed by atoms with E-state index in [4.69, 9.17) is 5.11 Å². The second-order valence-corrected chi connectivity index (χ2v) is 3.72. The predicted octanol–water partition coefficient (Wildman–Crippen LogP) is 0.577. The van der Waals surface area contributed by atoms with Gasteiger partial charge in [-0.05, 0) is 11.5 Å². The molecule has 0 radical (unpaired) electrons. The van der Waals surface area contributed by atoms with Crippen LogP contribution >= 0.6 is 11.5 Å². The SMILES string of the molecule is O=C(O)C[n+]1ccc(-c2cnns2)cc1. The zero-order valence-corrected chi connectivity index (χ0v) is 8.52. The lowest BCUT2D eigenvalue weighted by atomic mass is 10.2. The average Bonchev–Trinajstić information content (AvgIpc) is 2.71. The van der Waals surface area contributed by atoms with E-state index >= 15 is 0 Å². The number of carboxylic acids is 1. The Hall–Kier alpha value is -1.82. The number of pyridine rings is 1. The molecule has 0 bridgehead atoms. The number of nitrogens with zero attached hydrogens (tertiary/aromatic N) is 3. The molecular formula is C9H8N3O2S+. The molecule has 0 aliphatic carbocycles. The van der Waals surface area contributed by atoms with Crippen LogP contribution in [0.3, 0.4) is 0 Å². The van der Waals surface area contributed by atoms with E-state index in [-0.39, 0.29) is 6.54 Å². The molecule has 2 aromatic heterocycles. The molecule has 15 heavy (non-hydrogen) atoms. The Labute approximate surface area is 89.8 Å². The van der Waals surface area contributed by atoms with Crippen LogP contribution in [0.5, 0.6) is 0 Å². The third-order valence-electron chi connectivity index (χ3n) is 1.85. The van der Waals surface area contributed by atoms with Crippen molar-refractivity contribution in [2.24, 2.45) is 0 Å². The van der Waals surface area contributed by atoms with Crippen molar-refractivity contribution in [3.8, 4) is 10.4 Å². The van der Waals surface area contributed by atoms with E-state index in [9.17, 15) is 4.79 Å². The molecule has 2 heterocycles. The first-order chi connectivity index (χ1) is 7.25. The number of aromatic nitrogens is 3. The van der Waals surface area contributed by atoms with E-state index < -0.39 is 5.97 Å². The smallest absolute Gasteiger partial charge is 0.370 e. The van der Waals surface area contributed by atoms with E-state index in [1.165, 1.54) is 11.5 Å². The van der Waals surface area contributed by atoms with Crippen molar-refractivity contribution < 1.29 is 14.5 Å². The van der Waals surface area contributed by atoms with Crippen molar-refractivity contribution in [3.63, 3.8) is 0 Å². The molecule has 0 atom stereocenters. The summed E-state index contributed by atoms with van der Waals surface area (Å²) in [6.07, 6.45) is 5.13. The van der Waals surface area contributed by atoms with Gasteiger partial charge in [0.05, 0.1) is 11.1 Å². The standard InChI is InChI=1S/C9H7N3O2S/c13-9(14)6-12-3-1-7(2-4-12)8-5-10-11-15-8/h1-5H,6H2/p+1. The van der Waals surface area contributed by atoms with Crippen LogP contribution in [0.25, 0.3) is 10.4 Å². The van der Waals surface area contributed by atoms with Crippen molar-refractivity contribution >= 4 is 17.5 Å². The molecule has 0 aliphatic rings. The van der Waals surface area contributed by atoms with Crippen LogP contribution in [-0.2, 0) is 11.3 Å². The monoisotopic (exact) mass is 222 g/mol. The minimum atomic E-state index is -0.854. The van der Waals surface area contributed by atoms with Gasteiger partial charge in [0.15, 0.2) is 12.4 Å². The molecule has 76 valence electrons. The Bertz CT molecular complexity index is 453. The summed E-state index contributed by atoms with van der Waals surface area (Å²) in [6, 6.07) is 3.69. The summed E-state index contributed by atoms with van der Waals surface area (Å²) in [4.78, 5) is 11.4. The Morgan fingerprint density at radius 2 is 2.20 bits per heavy atom. The van der Waals surface area contributed by atoms with E-state index in [2.05, 4.69) is 9.59 Å². The van der Waals surface area contributed by atoms with Gasteiger partial charge < -0.3 is 5.11 Å². The second kappa shape index (κ2) is 4.14. The molecule has 0 aliphatic heterocycles. The van der Waals surface area contributed by atoms with Gasteiger partial charge in [-0.15, -0.1) is 5.10 Å². The molecule has 0 unspecified atom stereocenters. The number of carboxylic acid groups (broad SMARTS) is 1. The molecular weight excluding hydrogens is 214 g/mol. The van der Waals surface area contributed by atoms with Crippen LogP contribution < -0.4 is 4.57 Å². The molecule has 0 aromatic carbocycles. The molecule has 0 saturated carbocycles. The summed E-state index contributed by atoms with van der Waals surface area (Å²) in [5.41, 5.74) is 0.992. The molecule has 5 nitrogen and oxygen atoms in total. The van der Waals surface area contributed by atoms with Gasteiger partial charge in [-0.25, -0.2) is 4.79 Å². The highest BCUT2D eigenvalue weighted by atomic mass is 32.1. The Morgan fingerprint density at radius 1 is 1.47 bits per heavy atom. The number of hydrogen-bond donors (Lipinski definition) is 1. The Kier molecular flexibility index (Phi) is 2.68. The molecule has 0 spiro atoms. The number of aliphatic carboxylic acids is 1. The summed E-state index contributed by atoms with van der Waals surface area (Å²) >= 11 is 1.31. The summed E-state index contributed by atoms with van der Waals surface area (Å²) < 4.78 is 5.36. The van der Waals surface area contributed by atoms with Crippen LogP contribution in [0.2, 0.25) is 0 Å². The fraction of sp³-hybridized carbons (Fsp3) is 0.111. The quantitative estimate of drug-likeness (QED) is 0.771. The molecule has 6 heteroatoms. The van der Waals surface area contributed by atoms with Crippen LogP contribution in [0.1, 0.15) is 0 Å². The average molecular weight is 222 g/mol. The van der Waals surface area contributed by atoms with E-state index in [0.717, 1.165) is 10.4 Å². The summed E-state index contributed by atoms with van der Waals surface area (Å²) in [5, 5.41) is 12.3. The van der Waals surface area contributed by atoms with Gasteiger partial charge in [0, 0.05) is 17.7 Å². The zero-order chi connectivity index (χ0) is 10.7. The first kappa shape index (κ1) is 9.72. The summed E-state index contributed by atoms with van der Waals surface area (Å²) in [5.74, 6) is -0.854. The van der Waals surface area contributed by atoms with Crippen LogP contribution in [0.15, 0.2) is 30.7 Å². The third-order valence-corrected chi connectivity index (χ3v) is 2.57. The van der Waals surface area contributed by atoms with Gasteiger partial charge in [-0.2, -0.15) is 4.57 Å². The predicted molar refractivity (Wildman–Crippen MR) is 53.2 cm³/mol. The largest absolute Gasteiger partial charge is 0.477 e. The van der Waals surface area contributed by atoms with Crippen molar-refractivity contribution in [1.82, 2.24) is 9.59 Å². The lowest BCUT2D eigenvalue weighted by Gasteiger charge is -1.94. The first-order valence-electron chi connectivity index (χ1n) is 4.24. The van der Waals surface area contributed by atoms with Gasteiger partial charge in [0.2, 0.25) is 6.54 Å². The number of hydrogen-bond acceptors (Lipinski definition) is 4. The highest BCUT2D eigenvalue weighted by Gasteiger charge is 2.07. The number of rotatable bonds is 3. The van der Waals surface area contributed by atoms with Gasteiger partial charge in [0.1, 0.15) is 0 Å². The van der Waals surface area contributed by atoms with E-state index in [1.807, 2.05) is 12.1 Å². The fourth-order valence-electron chi connectivity index (χ4n) is 1.18. The summed E-state index contributed by atoms with van der Waals surface area (Å²) in [7, 11) is 0. The maximum Gasteiger partial charge on any atom is 0.370 e. The van der Waals surface area contributed by atoms with Gasteiger partial charge >= 0.3 is 5.97 Å². The van der Waals surface area contributed by atoms with Crippen LogP contribution in [0.4, 0.5) is 0 Å². The topological polar surface area (TPSA) is 67.0 Å². The zero-order valence-electron chi connectivity index (χ0n) is 7.70. The van der Waals surface area contributed by atoms with Crippen molar-refractivity contribution in [2.75, 3.05) is 0 Å². The molecule has 0 saturated heterocycles. The Balaban J connectivity index is 2.21. The van der Waals surface area contributed by atoms with Gasteiger partial charge in [0.25, 0.3) is 0 Å². The Morgan fingerprint density at radius 3 is 2.73 bits per heavy atom. The van der Waals surface area contributed by atoms with Gasteiger partial charge in [-0.3, -0.25) is 0 Å². The van der Waals surface area contributed by atoms with Crippen molar-refractivity contribution in [1.29, 1.82) is 0 Å². The lowest BCUT2D eigenvalue weighted by Crippen LogP contribution is -2.36. The first-order valence-corrected chi connectivity index (χ1v) is 5.01. The molecule has 0 amide bonds. The second-order valence-electron chi connectivity index (χ2n) is 2.93. The molecule has 2 rings (SSSR count). The van der Waals surface area contributed by atoms with Crippen LogP contribution in [-0.4, -0.2) is 20.7 Å². The maximum atomic E-state index is 10.4. The van der Waals surface area contributed by atoms with Crippen molar-refractivity contribution in [2.45, 2.75) is 6.54 Å². The van der Waals surface area contributed by atoms with E-state index in [1.54, 1.807) is 23.2 Å².